The van der Waals surface area contributed by atoms with Crippen molar-refractivity contribution >= 4 is 23.3 Å². The SMILES string of the molecule is COc1ccc(C(=O)Cc2nc3nnc(N)n3nc2CC(=O)c2ccc(OC)cc2)cc1. The Balaban J connectivity index is 1.65. The molecule has 2 N–H and O–H groups in total. The molecule has 0 saturated heterocycles. The molecular weight excluding hydrogens is 412 g/mol. The van der Waals surface area contributed by atoms with Crippen molar-refractivity contribution in [1.29, 1.82) is 0 Å². The van der Waals surface area contributed by atoms with Crippen LogP contribution in [0.4, 0.5) is 5.95 Å². The fourth-order valence-corrected chi connectivity index (χ4v) is 3.15. The van der Waals surface area contributed by atoms with Crippen molar-refractivity contribution < 1.29 is 19.1 Å². The number of ketones is 2. The summed E-state index contributed by atoms with van der Waals surface area (Å²) in [6.45, 7) is 0. The molecular formula is C22H20N6O4. The summed E-state index contributed by atoms with van der Waals surface area (Å²) in [5.41, 5.74) is 7.43. The molecule has 10 nitrogen and oxygen atoms in total. The zero-order chi connectivity index (χ0) is 22.7. The van der Waals surface area contributed by atoms with Crippen LogP contribution in [-0.2, 0) is 12.8 Å². The van der Waals surface area contributed by atoms with E-state index in [1.807, 2.05) is 0 Å². The molecule has 0 aliphatic carbocycles. The van der Waals surface area contributed by atoms with Gasteiger partial charge in [-0.2, -0.15) is 9.61 Å². The number of Topliss-reactive ketones (excluding diaryl/α,β-unsaturated/α-hetero) is 2. The Hall–Kier alpha value is -4.34. The summed E-state index contributed by atoms with van der Waals surface area (Å²) in [6.07, 6.45) is -0.133. The molecule has 0 spiro atoms. The van der Waals surface area contributed by atoms with E-state index in [1.165, 1.54) is 4.52 Å². The minimum absolute atomic E-state index is 0.0404. The molecule has 0 radical (unpaired) electrons. The van der Waals surface area contributed by atoms with Crippen molar-refractivity contribution in [3.63, 3.8) is 0 Å². The quantitative estimate of drug-likeness (QED) is 0.415. The predicted octanol–water partition coefficient (Wildman–Crippen LogP) is 1.97. The Bertz CT molecular complexity index is 1280. The second kappa shape index (κ2) is 8.80. The van der Waals surface area contributed by atoms with Gasteiger partial charge in [-0.3, -0.25) is 9.59 Å². The lowest BCUT2D eigenvalue weighted by atomic mass is 10.0. The molecule has 0 atom stereocenters. The number of aromatic nitrogens is 5. The number of nitrogens with zero attached hydrogens (tertiary/aromatic N) is 5. The first-order valence-electron chi connectivity index (χ1n) is 9.69. The van der Waals surface area contributed by atoms with Crippen molar-refractivity contribution in [3.05, 3.63) is 71.0 Å². The average molecular weight is 432 g/mol. The first kappa shape index (κ1) is 20.9. The van der Waals surface area contributed by atoms with Gasteiger partial charge in [0.05, 0.1) is 38.4 Å². The number of carbonyl (C=O) groups is 2. The Morgan fingerprint density at radius 2 is 1.31 bits per heavy atom. The van der Waals surface area contributed by atoms with E-state index in [4.69, 9.17) is 15.2 Å². The van der Waals surface area contributed by atoms with Gasteiger partial charge in [-0.05, 0) is 48.5 Å². The van der Waals surface area contributed by atoms with Crippen LogP contribution in [0.2, 0.25) is 0 Å². The lowest BCUT2D eigenvalue weighted by Gasteiger charge is -2.09. The zero-order valence-electron chi connectivity index (χ0n) is 17.5. The first-order chi connectivity index (χ1) is 15.5. The van der Waals surface area contributed by atoms with Crippen LogP contribution in [0.1, 0.15) is 32.1 Å². The van der Waals surface area contributed by atoms with Crippen molar-refractivity contribution in [2.45, 2.75) is 12.8 Å². The van der Waals surface area contributed by atoms with E-state index in [9.17, 15) is 9.59 Å². The van der Waals surface area contributed by atoms with E-state index in [-0.39, 0.29) is 36.1 Å². The van der Waals surface area contributed by atoms with Gasteiger partial charge >= 0.3 is 0 Å². The van der Waals surface area contributed by atoms with Crippen LogP contribution in [0.25, 0.3) is 5.78 Å². The van der Waals surface area contributed by atoms with Crippen molar-refractivity contribution in [2.75, 3.05) is 20.0 Å². The highest BCUT2D eigenvalue weighted by atomic mass is 16.5. The highest BCUT2D eigenvalue weighted by Gasteiger charge is 2.20. The maximum absolute atomic E-state index is 12.9. The van der Waals surface area contributed by atoms with E-state index in [0.717, 1.165) is 0 Å². The van der Waals surface area contributed by atoms with Gasteiger partial charge in [0.15, 0.2) is 11.6 Å². The van der Waals surface area contributed by atoms with Gasteiger partial charge in [-0.25, -0.2) is 4.98 Å². The normalized spacial score (nSPS) is 10.8. The Kier molecular flexibility index (Phi) is 5.75. The number of ether oxygens (including phenoxy) is 2. The predicted molar refractivity (Wildman–Crippen MR) is 115 cm³/mol. The fourth-order valence-electron chi connectivity index (χ4n) is 3.15. The summed E-state index contributed by atoms with van der Waals surface area (Å²) in [6, 6.07) is 13.5. The number of fused-ring (bicyclic) bond motifs is 1. The first-order valence-corrected chi connectivity index (χ1v) is 9.69. The minimum Gasteiger partial charge on any atom is -0.497 e. The van der Waals surface area contributed by atoms with Gasteiger partial charge in [-0.1, -0.05) is 0 Å². The minimum atomic E-state index is -0.189. The maximum atomic E-state index is 12.9. The standard InChI is InChI=1S/C22H20N6O4/c1-31-15-7-3-13(4-8-15)19(29)11-17-18(27-28-21(23)25-26-22(28)24-17)12-20(30)14-5-9-16(32-2)10-6-14/h3-10H,11-12H2,1-2H3,(H2,23,25). The highest BCUT2D eigenvalue weighted by Crippen LogP contribution is 2.18. The van der Waals surface area contributed by atoms with Crippen molar-refractivity contribution in [3.8, 4) is 11.5 Å². The third-order valence-electron chi connectivity index (χ3n) is 4.92. The summed E-state index contributed by atoms with van der Waals surface area (Å²) in [7, 11) is 3.11. The summed E-state index contributed by atoms with van der Waals surface area (Å²) in [4.78, 5) is 30.1. The maximum Gasteiger partial charge on any atom is 0.273 e. The number of hydrogen-bond donors (Lipinski definition) is 1. The van der Waals surface area contributed by atoms with Gasteiger partial charge in [0.1, 0.15) is 11.5 Å². The molecule has 4 aromatic rings. The van der Waals surface area contributed by atoms with E-state index in [2.05, 4.69) is 20.3 Å². The van der Waals surface area contributed by atoms with Crippen LogP contribution >= 0.6 is 0 Å². The number of rotatable bonds is 8. The molecule has 2 heterocycles. The molecule has 162 valence electrons. The summed E-state index contributed by atoms with van der Waals surface area (Å²) in [5.74, 6) is 1.11. The molecule has 4 rings (SSSR count). The number of nitrogens with two attached hydrogens (primary N) is 1. The van der Waals surface area contributed by atoms with Crippen LogP contribution < -0.4 is 15.2 Å². The van der Waals surface area contributed by atoms with Gasteiger partial charge in [-0.15, -0.1) is 10.2 Å². The largest absolute Gasteiger partial charge is 0.497 e. The second-order valence-electron chi connectivity index (χ2n) is 6.93. The van der Waals surface area contributed by atoms with E-state index in [0.29, 0.717) is 34.0 Å². The molecule has 0 saturated carbocycles. The molecule has 0 aliphatic heterocycles. The third-order valence-corrected chi connectivity index (χ3v) is 4.92. The number of anilines is 1. The number of benzene rings is 2. The molecule has 0 fully saturated rings. The molecule has 0 amide bonds. The summed E-state index contributed by atoms with van der Waals surface area (Å²) in [5, 5.41) is 12.0. The Labute approximate surface area is 183 Å². The van der Waals surface area contributed by atoms with E-state index < -0.39 is 0 Å². The van der Waals surface area contributed by atoms with Crippen LogP contribution in [0.15, 0.2) is 48.5 Å². The molecule has 32 heavy (non-hydrogen) atoms. The molecule has 2 aromatic heterocycles. The Morgan fingerprint density at radius 1 is 0.812 bits per heavy atom. The molecule has 10 heteroatoms. The zero-order valence-corrected chi connectivity index (χ0v) is 17.5. The molecule has 0 aliphatic rings. The lowest BCUT2D eigenvalue weighted by Crippen LogP contribution is -2.16. The average Bonchev–Trinajstić information content (AvgIpc) is 3.18. The number of methoxy groups -OCH3 is 2. The van der Waals surface area contributed by atoms with Gasteiger partial charge in [0, 0.05) is 11.1 Å². The van der Waals surface area contributed by atoms with Gasteiger partial charge in [0.2, 0.25) is 5.95 Å². The molecule has 2 aromatic carbocycles. The van der Waals surface area contributed by atoms with Gasteiger partial charge < -0.3 is 15.2 Å². The number of nitrogen functional groups attached to an aromatic ring is 1. The summed E-state index contributed by atoms with van der Waals surface area (Å²) >= 11 is 0. The van der Waals surface area contributed by atoms with E-state index in [1.54, 1.807) is 62.8 Å². The van der Waals surface area contributed by atoms with E-state index >= 15 is 0 Å². The fraction of sp³-hybridized carbons (Fsp3) is 0.182. The topological polar surface area (TPSA) is 135 Å². The molecule has 0 bridgehead atoms. The number of carbonyl (C=O) groups excluding carboxylic acids is 2. The van der Waals surface area contributed by atoms with Gasteiger partial charge in [0.25, 0.3) is 5.78 Å². The number of hydrogen-bond acceptors (Lipinski definition) is 9. The smallest absolute Gasteiger partial charge is 0.273 e. The summed E-state index contributed by atoms with van der Waals surface area (Å²) < 4.78 is 11.5. The monoisotopic (exact) mass is 432 g/mol. The van der Waals surface area contributed by atoms with Crippen LogP contribution in [0, 0.1) is 0 Å². The lowest BCUT2D eigenvalue weighted by molar-refractivity contribution is 0.0976. The second-order valence-corrected chi connectivity index (χ2v) is 6.93. The molecule has 0 unspecified atom stereocenters. The van der Waals surface area contributed by atoms with Crippen LogP contribution in [0.5, 0.6) is 11.5 Å². The van der Waals surface area contributed by atoms with Crippen LogP contribution in [-0.4, -0.2) is 50.6 Å². The highest BCUT2D eigenvalue weighted by molar-refractivity contribution is 5.99. The Morgan fingerprint density at radius 3 is 1.81 bits per heavy atom. The van der Waals surface area contributed by atoms with Crippen LogP contribution in [0.3, 0.4) is 0 Å². The van der Waals surface area contributed by atoms with Crippen molar-refractivity contribution in [1.82, 2.24) is 24.8 Å². The third kappa shape index (κ3) is 4.24. The van der Waals surface area contributed by atoms with Crippen molar-refractivity contribution in [2.24, 2.45) is 0 Å².